The summed E-state index contributed by atoms with van der Waals surface area (Å²) in [6.07, 6.45) is 4.71. The number of aromatic nitrogens is 3. The molecule has 1 N–H and O–H groups in total. The third kappa shape index (κ3) is 6.49. The van der Waals surface area contributed by atoms with Gasteiger partial charge in [-0.2, -0.15) is 0 Å². The summed E-state index contributed by atoms with van der Waals surface area (Å²) in [4.78, 5) is 23.7. The van der Waals surface area contributed by atoms with Crippen LogP contribution in [0.3, 0.4) is 0 Å². The van der Waals surface area contributed by atoms with Gasteiger partial charge in [0.15, 0.2) is 0 Å². The number of morpholine rings is 1. The molecule has 2 atom stereocenters. The fourth-order valence-corrected chi connectivity index (χ4v) is 6.40. The highest BCUT2D eigenvalue weighted by Crippen LogP contribution is 2.32. The van der Waals surface area contributed by atoms with Crippen molar-refractivity contribution in [2.75, 3.05) is 38.1 Å². The molecule has 0 radical (unpaired) electrons. The second-order valence-electron chi connectivity index (χ2n) is 9.90. The van der Waals surface area contributed by atoms with Crippen LogP contribution in [0.1, 0.15) is 13.8 Å². The molecular formula is C28H29ClFN5O6S. The predicted octanol–water partition coefficient (Wildman–Crippen LogP) is 3.85. The molecule has 5 rings (SSSR count). The number of sulfonamides is 1. The lowest BCUT2D eigenvalue weighted by Crippen LogP contribution is -2.46. The highest BCUT2D eigenvalue weighted by atomic mass is 35.5. The molecule has 0 spiro atoms. The second kappa shape index (κ2) is 12.2. The molecule has 222 valence electrons. The summed E-state index contributed by atoms with van der Waals surface area (Å²) in [5.74, 6) is -0.562. The van der Waals surface area contributed by atoms with Crippen molar-refractivity contribution in [2.24, 2.45) is 0 Å². The summed E-state index contributed by atoms with van der Waals surface area (Å²) in [7, 11) is -2.88. The van der Waals surface area contributed by atoms with Crippen LogP contribution in [0.5, 0.6) is 11.6 Å². The molecule has 42 heavy (non-hydrogen) atoms. The Morgan fingerprint density at radius 3 is 2.57 bits per heavy atom. The topological polar surface area (TPSA) is 124 Å². The van der Waals surface area contributed by atoms with Gasteiger partial charge in [-0.3, -0.25) is 18.8 Å². The number of hydrogen-bond acceptors (Lipinski definition) is 9. The number of pyridine rings is 2. The number of fused-ring (bicyclic) bond motifs is 1. The summed E-state index contributed by atoms with van der Waals surface area (Å²) in [5, 5.41) is -0.279. The maximum Gasteiger partial charge on any atom is 0.300 e. The molecule has 11 nitrogen and oxygen atoms in total. The molecule has 1 aromatic carbocycles. The molecule has 0 amide bonds. The monoisotopic (exact) mass is 617 g/mol. The molecule has 14 heteroatoms. The van der Waals surface area contributed by atoms with Crippen LogP contribution in [-0.2, 0) is 14.8 Å². The van der Waals surface area contributed by atoms with Gasteiger partial charge in [-0.25, -0.2) is 22.8 Å². The first kappa shape index (κ1) is 29.7. The van der Waals surface area contributed by atoms with Gasteiger partial charge in [0.05, 0.1) is 30.5 Å². The number of anilines is 1. The maximum absolute atomic E-state index is 13.5. The quantitative estimate of drug-likeness (QED) is 0.298. The third-order valence-electron chi connectivity index (χ3n) is 6.64. The van der Waals surface area contributed by atoms with Gasteiger partial charge < -0.3 is 14.2 Å². The molecule has 0 bridgehead atoms. The third-order valence-corrected chi connectivity index (χ3v) is 8.48. The van der Waals surface area contributed by atoms with E-state index < -0.39 is 15.8 Å². The molecule has 3 aromatic heterocycles. The van der Waals surface area contributed by atoms with Crippen LogP contribution in [0.4, 0.5) is 10.1 Å². The minimum atomic E-state index is -4.22. The smallest absolute Gasteiger partial charge is 0.300 e. The zero-order valence-corrected chi connectivity index (χ0v) is 24.7. The van der Waals surface area contributed by atoms with Gasteiger partial charge in [-0.05, 0) is 50.2 Å². The van der Waals surface area contributed by atoms with Crippen LogP contribution in [0.15, 0.2) is 64.7 Å². The number of nitrogens with zero attached hydrogens (tertiary/aromatic N) is 4. The zero-order valence-electron chi connectivity index (χ0n) is 23.1. The Bertz CT molecular complexity index is 1780. The standard InChI is InChI=1S/C28H29ClFN5O6S/c1-17-14-34(15-18(2)41-17)8-9-40-24-13-31-26-7-4-19(16-35(26)28(24)36)20-10-23(27(39-3)32-12-20)33-42(37,38)25-6-5-21(30)11-22(25)29/h4-7,10-13,16-18,33H,8-9,14-15H2,1-3H3. The van der Waals surface area contributed by atoms with Crippen LogP contribution in [0, 0.1) is 5.82 Å². The summed E-state index contributed by atoms with van der Waals surface area (Å²) in [6.45, 7) is 6.58. The Labute approximate surface area is 246 Å². The minimum absolute atomic E-state index is 0.0000707. The molecule has 4 heterocycles. The SMILES string of the molecule is COc1ncc(-c2ccc3ncc(OCCN4CC(C)OC(C)C4)c(=O)n3c2)cc1NS(=O)(=O)c1ccc(F)cc1Cl. The van der Waals surface area contributed by atoms with Crippen LogP contribution >= 0.6 is 11.6 Å². The molecule has 4 aromatic rings. The number of halogens is 2. The molecule has 2 unspecified atom stereocenters. The molecule has 0 aliphatic carbocycles. The first-order valence-corrected chi connectivity index (χ1v) is 14.9. The number of benzene rings is 1. The number of nitrogens with one attached hydrogen (secondary N) is 1. The van der Waals surface area contributed by atoms with Crippen molar-refractivity contribution >= 4 is 33.0 Å². The maximum atomic E-state index is 13.5. The van der Waals surface area contributed by atoms with Crippen molar-refractivity contribution in [3.8, 4) is 22.8 Å². The van der Waals surface area contributed by atoms with Crippen molar-refractivity contribution in [1.29, 1.82) is 0 Å². The van der Waals surface area contributed by atoms with Crippen molar-refractivity contribution in [1.82, 2.24) is 19.3 Å². The minimum Gasteiger partial charge on any atom is -0.485 e. The fourth-order valence-electron chi connectivity index (χ4n) is 4.82. The van der Waals surface area contributed by atoms with Gasteiger partial charge in [0.25, 0.3) is 15.6 Å². The van der Waals surface area contributed by atoms with Crippen LogP contribution in [-0.4, -0.2) is 73.2 Å². The van der Waals surface area contributed by atoms with Crippen molar-refractivity contribution < 1.29 is 27.0 Å². The number of rotatable bonds is 9. The first-order chi connectivity index (χ1) is 20.0. The van der Waals surface area contributed by atoms with Gasteiger partial charge in [0, 0.05) is 43.2 Å². The van der Waals surface area contributed by atoms with E-state index in [-0.39, 0.29) is 45.0 Å². The zero-order chi connectivity index (χ0) is 30.0. The van der Waals surface area contributed by atoms with Gasteiger partial charge in [-0.15, -0.1) is 0 Å². The van der Waals surface area contributed by atoms with Gasteiger partial charge >= 0.3 is 0 Å². The average molecular weight is 618 g/mol. The molecular weight excluding hydrogens is 589 g/mol. The molecule has 1 aliphatic heterocycles. The Hall–Kier alpha value is -3.78. The van der Waals surface area contributed by atoms with E-state index in [9.17, 15) is 17.6 Å². The lowest BCUT2D eigenvalue weighted by molar-refractivity contribution is -0.0699. The Kier molecular flexibility index (Phi) is 8.64. The molecule has 1 aliphatic rings. The van der Waals surface area contributed by atoms with E-state index in [1.807, 2.05) is 13.8 Å². The first-order valence-electron chi connectivity index (χ1n) is 13.1. The van der Waals surface area contributed by atoms with E-state index in [1.165, 1.54) is 30.0 Å². The van der Waals surface area contributed by atoms with E-state index in [4.69, 9.17) is 25.8 Å². The largest absolute Gasteiger partial charge is 0.485 e. The van der Waals surface area contributed by atoms with E-state index in [0.29, 0.717) is 29.9 Å². The number of ether oxygens (including phenoxy) is 3. The van der Waals surface area contributed by atoms with Crippen molar-refractivity contribution in [3.63, 3.8) is 0 Å². The molecule has 1 fully saturated rings. The summed E-state index contributed by atoms with van der Waals surface area (Å²) in [5.41, 5.74) is 1.06. The van der Waals surface area contributed by atoms with Gasteiger partial charge in [0.1, 0.15) is 28.7 Å². The average Bonchev–Trinajstić information content (AvgIpc) is 2.93. The molecule has 1 saturated heterocycles. The fraction of sp³-hybridized carbons (Fsp3) is 0.321. The Morgan fingerprint density at radius 2 is 1.86 bits per heavy atom. The lowest BCUT2D eigenvalue weighted by atomic mass is 10.1. The highest BCUT2D eigenvalue weighted by Gasteiger charge is 2.23. The number of methoxy groups -OCH3 is 1. The number of hydrogen-bond donors (Lipinski definition) is 1. The lowest BCUT2D eigenvalue weighted by Gasteiger charge is -2.35. The van der Waals surface area contributed by atoms with E-state index >= 15 is 0 Å². The molecule has 0 saturated carbocycles. The van der Waals surface area contributed by atoms with E-state index in [2.05, 4.69) is 19.6 Å². The van der Waals surface area contributed by atoms with Crippen LogP contribution < -0.4 is 19.8 Å². The predicted molar refractivity (Wildman–Crippen MR) is 155 cm³/mol. The van der Waals surface area contributed by atoms with E-state index in [1.54, 1.807) is 18.3 Å². The summed E-state index contributed by atoms with van der Waals surface area (Å²) >= 11 is 5.98. The van der Waals surface area contributed by atoms with Gasteiger partial charge in [0.2, 0.25) is 11.6 Å². The Balaban J connectivity index is 1.40. The van der Waals surface area contributed by atoms with E-state index in [0.717, 1.165) is 31.3 Å². The summed E-state index contributed by atoms with van der Waals surface area (Å²) in [6, 6.07) is 7.85. The normalized spacial score (nSPS) is 17.7. The van der Waals surface area contributed by atoms with Gasteiger partial charge in [-0.1, -0.05) is 11.6 Å². The van der Waals surface area contributed by atoms with Crippen LogP contribution in [0.25, 0.3) is 16.8 Å². The van der Waals surface area contributed by atoms with Crippen LogP contribution in [0.2, 0.25) is 5.02 Å². The van der Waals surface area contributed by atoms with Crippen molar-refractivity contribution in [3.05, 3.63) is 76.2 Å². The highest BCUT2D eigenvalue weighted by molar-refractivity contribution is 7.92. The summed E-state index contributed by atoms with van der Waals surface area (Å²) < 4.78 is 60.1. The Morgan fingerprint density at radius 1 is 1.10 bits per heavy atom. The van der Waals surface area contributed by atoms with Crippen molar-refractivity contribution in [2.45, 2.75) is 31.0 Å². The second-order valence-corrected chi connectivity index (χ2v) is 12.0.